The Morgan fingerprint density at radius 2 is 1.83 bits per heavy atom. The summed E-state index contributed by atoms with van der Waals surface area (Å²) in [4.78, 5) is 23.4. The van der Waals surface area contributed by atoms with Gasteiger partial charge in [-0.3, -0.25) is 0 Å². The molecular weight excluding hydrogens is 526 g/mol. The molecule has 0 atom stereocenters. The number of benzene rings is 1. The average molecular weight is 544 g/mol. The van der Waals surface area contributed by atoms with Crippen LogP contribution >= 0.6 is 45.2 Å². The second-order valence-corrected chi connectivity index (χ2v) is 8.21. The maximum Gasteiger partial charge on any atom is 0.514 e. The first-order chi connectivity index (χ1) is 10.5. The van der Waals surface area contributed by atoms with Crippen molar-refractivity contribution in [3.05, 3.63) is 37.0 Å². The van der Waals surface area contributed by atoms with Crippen molar-refractivity contribution in [2.24, 2.45) is 0 Å². The van der Waals surface area contributed by atoms with Crippen LogP contribution in [-0.4, -0.2) is 17.7 Å². The van der Waals surface area contributed by atoms with E-state index in [4.69, 9.17) is 14.2 Å². The van der Waals surface area contributed by atoms with E-state index in [2.05, 4.69) is 51.8 Å². The summed E-state index contributed by atoms with van der Waals surface area (Å²) in [5.41, 5.74) is 0.236. The summed E-state index contributed by atoms with van der Waals surface area (Å²) in [5, 5.41) is 0. The van der Waals surface area contributed by atoms with Gasteiger partial charge in [0, 0.05) is 14.7 Å². The summed E-state index contributed by atoms with van der Waals surface area (Å²) in [6.07, 6.45) is -0.802. The molecule has 0 amide bonds. The lowest BCUT2D eigenvalue weighted by Crippen LogP contribution is -2.26. The molecule has 7 heteroatoms. The van der Waals surface area contributed by atoms with Crippen LogP contribution < -0.4 is 4.74 Å². The zero-order valence-corrected chi connectivity index (χ0v) is 17.7. The molecule has 126 valence electrons. The zero-order chi connectivity index (χ0) is 17.8. The quantitative estimate of drug-likeness (QED) is 0.236. The summed E-state index contributed by atoms with van der Waals surface area (Å²) in [6, 6.07) is 3.64. The Balaban J connectivity index is 2.99. The standard InChI is InChI=1S/C16H18I2O5/c1-9(2)14(19)21-8-10-6-11(17)7-12(18)13(10)22-15(20)23-16(3,4)5/h6-7H,1,8H2,2-5H3. The van der Waals surface area contributed by atoms with Crippen LogP contribution in [0.1, 0.15) is 33.3 Å². The summed E-state index contributed by atoms with van der Waals surface area (Å²) >= 11 is 4.20. The van der Waals surface area contributed by atoms with Gasteiger partial charge >= 0.3 is 12.1 Å². The van der Waals surface area contributed by atoms with Crippen LogP contribution in [0, 0.1) is 7.14 Å². The van der Waals surface area contributed by atoms with Crippen LogP contribution in [0.5, 0.6) is 5.75 Å². The topological polar surface area (TPSA) is 61.8 Å². The van der Waals surface area contributed by atoms with Crippen LogP contribution in [0.25, 0.3) is 0 Å². The van der Waals surface area contributed by atoms with Crippen molar-refractivity contribution in [2.45, 2.75) is 39.9 Å². The SMILES string of the molecule is C=C(C)C(=O)OCc1cc(I)cc(I)c1OC(=O)OC(C)(C)C. The second-order valence-electron chi connectivity index (χ2n) is 5.80. The first-order valence-electron chi connectivity index (χ1n) is 6.71. The molecule has 0 spiro atoms. The highest BCUT2D eigenvalue weighted by Gasteiger charge is 2.21. The smallest absolute Gasteiger partial charge is 0.457 e. The number of halogens is 2. The molecule has 0 aliphatic heterocycles. The highest BCUT2D eigenvalue weighted by Crippen LogP contribution is 2.30. The van der Waals surface area contributed by atoms with Crippen LogP contribution in [0.15, 0.2) is 24.3 Å². The minimum Gasteiger partial charge on any atom is -0.457 e. The fourth-order valence-electron chi connectivity index (χ4n) is 1.46. The Kier molecular flexibility index (Phi) is 7.30. The third kappa shape index (κ3) is 7.06. The number of carbonyl (C=O) groups excluding carboxylic acids is 2. The van der Waals surface area contributed by atoms with E-state index in [-0.39, 0.29) is 6.61 Å². The van der Waals surface area contributed by atoms with E-state index >= 15 is 0 Å². The second kappa shape index (κ2) is 8.32. The molecule has 5 nitrogen and oxygen atoms in total. The van der Waals surface area contributed by atoms with Crippen LogP contribution in [-0.2, 0) is 20.9 Å². The van der Waals surface area contributed by atoms with Crippen molar-refractivity contribution in [3.8, 4) is 5.75 Å². The molecular formula is C16H18I2O5. The minimum atomic E-state index is -0.802. The van der Waals surface area contributed by atoms with Crippen molar-refractivity contribution < 1.29 is 23.8 Å². The lowest BCUT2D eigenvalue weighted by Gasteiger charge is -2.20. The Morgan fingerprint density at radius 1 is 1.22 bits per heavy atom. The van der Waals surface area contributed by atoms with Crippen molar-refractivity contribution in [1.82, 2.24) is 0 Å². The lowest BCUT2D eigenvalue weighted by molar-refractivity contribution is -0.140. The molecule has 0 radical (unpaired) electrons. The molecule has 23 heavy (non-hydrogen) atoms. The van der Waals surface area contributed by atoms with Crippen molar-refractivity contribution in [3.63, 3.8) is 0 Å². The van der Waals surface area contributed by atoms with E-state index in [0.717, 1.165) is 7.14 Å². The molecule has 0 fully saturated rings. The first kappa shape index (κ1) is 20.2. The van der Waals surface area contributed by atoms with Gasteiger partial charge in [0.1, 0.15) is 12.2 Å². The molecule has 0 saturated heterocycles. The van der Waals surface area contributed by atoms with Gasteiger partial charge < -0.3 is 14.2 Å². The van der Waals surface area contributed by atoms with Gasteiger partial charge in [0.25, 0.3) is 0 Å². The zero-order valence-electron chi connectivity index (χ0n) is 13.4. The Bertz CT molecular complexity index is 632. The highest BCUT2D eigenvalue weighted by molar-refractivity contribution is 14.1. The van der Waals surface area contributed by atoms with E-state index in [0.29, 0.717) is 16.9 Å². The molecule has 0 saturated carbocycles. The molecule has 0 N–H and O–H groups in total. The van der Waals surface area contributed by atoms with E-state index in [1.54, 1.807) is 33.8 Å². The Morgan fingerprint density at radius 3 is 2.35 bits per heavy atom. The maximum atomic E-state index is 11.9. The number of esters is 1. The first-order valence-corrected chi connectivity index (χ1v) is 8.86. The third-order valence-electron chi connectivity index (χ3n) is 2.37. The van der Waals surface area contributed by atoms with E-state index in [1.165, 1.54) is 0 Å². The van der Waals surface area contributed by atoms with Crippen molar-refractivity contribution in [1.29, 1.82) is 0 Å². The molecule has 1 rings (SSSR count). The molecule has 0 aromatic heterocycles. The van der Waals surface area contributed by atoms with E-state index in [1.807, 2.05) is 6.07 Å². The summed E-state index contributed by atoms with van der Waals surface area (Å²) < 4.78 is 17.3. The van der Waals surface area contributed by atoms with Gasteiger partial charge in [-0.1, -0.05) is 6.58 Å². The van der Waals surface area contributed by atoms with Crippen molar-refractivity contribution >= 4 is 57.3 Å². The highest BCUT2D eigenvalue weighted by atomic mass is 127. The molecule has 1 aromatic rings. The van der Waals surface area contributed by atoms with Crippen LogP contribution in [0.4, 0.5) is 4.79 Å². The maximum absolute atomic E-state index is 11.9. The van der Waals surface area contributed by atoms with Gasteiger partial charge in [-0.2, -0.15) is 0 Å². The molecule has 0 bridgehead atoms. The number of carbonyl (C=O) groups is 2. The predicted octanol–water partition coefficient (Wildman–Crippen LogP) is 4.83. The predicted molar refractivity (Wildman–Crippen MR) is 103 cm³/mol. The number of rotatable bonds is 4. The molecule has 0 unspecified atom stereocenters. The van der Waals surface area contributed by atoms with E-state index < -0.39 is 17.7 Å². The van der Waals surface area contributed by atoms with E-state index in [9.17, 15) is 9.59 Å². The Hall–Kier alpha value is -0.840. The third-order valence-corrected chi connectivity index (χ3v) is 3.79. The Labute approximate surface area is 163 Å². The lowest BCUT2D eigenvalue weighted by atomic mass is 10.2. The molecule has 0 aliphatic carbocycles. The monoisotopic (exact) mass is 544 g/mol. The average Bonchev–Trinajstić information content (AvgIpc) is 2.37. The van der Waals surface area contributed by atoms with Crippen LogP contribution in [0.3, 0.4) is 0 Å². The van der Waals surface area contributed by atoms with Gasteiger partial charge in [-0.15, -0.1) is 0 Å². The fourth-order valence-corrected chi connectivity index (χ4v) is 3.53. The number of ether oxygens (including phenoxy) is 3. The van der Waals surface area contributed by atoms with Gasteiger partial charge in [0.2, 0.25) is 0 Å². The largest absolute Gasteiger partial charge is 0.514 e. The normalized spacial score (nSPS) is 10.9. The summed E-state index contributed by atoms with van der Waals surface area (Å²) in [5.74, 6) is -0.170. The fraction of sp³-hybridized carbons (Fsp3) is 0.375. The van der Waals surface area contributed by atoms with Gasteiger partial charge in [-0.05, 0) is 85.0 Å². The summed E-state index contributed by atoms with van der Waals surface area (Å²) in [6.45, 7) is 10.3. The summed E-state index contributed by atoms with van der Waals surface area (Å²) in [7, 11) is 0. The van der Waals surface area contributed by atoms with Gasteiger partial charge in [0.15, 0.2) is 5.75 Å². The van der Waals surface area contributed by atoms with Crippen molar-refractivity contribution in [2.75, 3.05) is 0 Å². The van der Waals surface area contributed by atoms with Gasteiger partial charge in [-0.25, -0.2) is 9.59 Å². The molecule has 1 aromatic carbocycles. The molecule has 0 aliphatic rings. The minimum absolute atomic E-state index is 0.0172. The van der Waals surface area contributed by atoms with Gasteiger partial charge in [0.05, 0.1) is 3.57 Å². The van der Waals surface area contributed by atoms with Crippen LogP contribution in [0.2, 0.25) is 0 Å². The number of hydrogen-bond donors (Lipinski definition) is 0. The number of hydrogen-bond acceptors (Lipinski definition) is 5. The molecule has 0 heterocycles.